The largest absolute Gasteiger partial charge is 0.396 e. The summed E-state index contributed by atoms with van der Waals surface area (Å²) in [4.78, 5) is 12.1. The molecule has 3 N–H and O–H groups in total. The van der Waals surface area contributed by atoms with Gasteiger partial charge in [-0.1, -0.05) is 18.2 Å². The Bertz CT molecular complexity index is 665. The van der Waals surface area contributed by atoms with Crippen LogP contribution in [0.3, 0.4) is 0 Å². The second-order valence-corrected chi connectivity index (χ2v) is 6.22. The van der Waals surface area contributed by atoms with E-state index < -0.39 is 0 Å². The molecule has 1 aromatic carbocycles. The van der Waals surface area contributed by atoms with E-state index in [9.17, 15) is 9.90 Å². The van der Waals surface area contributed by atoms with Crippen molar-refractivity contribution in [2.75, 3.05) is 13.2 Å². The number of nitrogens with zero attached hydrogens (tertiary/aromatic N) is 2. The van der Waals surface area contributed by atoms with Crippen LogP contribution in [0.4, 0.5) is 4.79 Å². The van der Waals surface area contributed by atoms with Gasteiger partial charge in [0, 0.05) is 24.4 Å². The minimum absolute atomic E-state index is 0.0897. The smallest absolute Gasteiger partial charge is 0.315 e. The zero-order valence-electron chi connectivity index (χ0n) is 13.2. The van der Waals surface area contributed by atoms with E-state index in [1.807, 2.05) is 43.5 Å². The second-order valence-electron chi connectivity index (χ2n) is 6.22. The normalized spacial score (nSPS) is 16.6. The molecule has 0 saturated heterocycles. The van der Waals surface area contributed by atoms with E-state index in [2.05, 4.69) is 15.7 Å². The fourth-order valence-corrected chi connectivity index (χ4v) is 2.63. The number of carbonyl (C=O) groups is 1. The number of amides is 2. The third-order valence-corrected chi connectivity index (χ3v) is 4.42. The molecule has 6 nitrogen and oxygen atoms in total. The van der Waals surface area contributed by atoms with Crippen molar-refractivity contribution in [1.29, 1.82) is 0 Å². The first-order valence-corrected chi connectivity index (χ1v) is 7.88. The molecule has 1 atom stereocenters. The van der Waals surface area contributed by atoms with Crippen LogP contribution >= 0.6 is 0 Å². The Morgan fingerprint density at radius 3 is 2.83 bits per heavy atom. The molecule has 1 aliphatic rings. The molecule has 0 bridgehead atoms. The van der Waals surface area contributed by atoms with Crippen molar-refractivity contribution in [3.05, 3.63) is 48.3 Å². The van der Waals surface area contributed by atoms with E-state index in [1.165, 1.54) is 0 Å². The van der Waals surface area contributed by atoms with Crippen LogP contribution in [0.2, 0.25) is 0 Å². The fourth-order valence-electron chi connectivity index (χ4n) is 2.63. The van der Waals surface area contributed by atoms with Crippen LogP contribution in [0.5, 0.6) is 0 Å². The van der Waals surface area contributed by atoms with Gasteiger partial charge in [-0.05, 0) is 37.5 Å². The number of hydrogen-bond donors (Lipinski definition) is 3. The summed E-state index contributed by atoms with van der Waals surface area (Å²) in [5.74, 6) is 0. The van der Waals surface area contributed by atoms with Crippen molar-refractivity contribution >= 4 is 6.03 Å². The van der Waals surface area contributed by atoms with Crippen molar-refractivity contribution in [3.8, 4) is 5.69 Å². The van der Waals surface area contributed by atoms with Crippen LogP contribution in [0.1, 0.15) is 31.4 Å². The van der Waals surface area contributed by atoms with Gasteiger partial charge >= 0.3 is 6.03 Å². The van der Waals surface area contributed by atoms with Crippen LogP contribution in [-0.4, -0.2) is 34.1 Å². The van der Waals surface area contributed by atoms with Gasteiger partial charge in [0.25, 0.3) is 0 Å². The Kier molecular flexibility index (Phi) is 4.34. The Morgan fingerprint density at radius 1 is 1.39 bits per heavy atom. The van der Waals surface area contributed by atoms with Gasteiger partial charge < -0.3 is 15.7 Å². The molecule has 2 amide bonds. The van der Waals surface area contributed by atoms with Crippen molar-refractivity contribution in [2.24, 2.45) is 5.41 Å². The quantitative estimate of drug-likeness (QED) is 0.763. The first kappa shape index (κ1) is 15.6. The topological polar surface area (TPSA) is 79.2 Å². The lowest BCUT2D eigenvalue weighted by atomic mass is 10.1. The maximum Gasteiger partial charge on any atom is 0.315 e. The lowest BCUT2D eigenvalue weighted by molar-refractivity contribution is 0.202. The summed E-state index contributed by atoms with van der Waals surface area (Å²) in [6, 6.07) is 9.36. The Labute approximate surface area is 135 Å². The Hall–Kier alpha value is -2.34. The number of aliphatic hydroxyl groups excluding tert-OH is 1. The monoisotopic (exact) mass is 314 g/mol. The minimum Gasteiger partial charge on any atom is -0.396 e. The molecule has 3 rings (SSSR count). The molecule has 1 unspecified atom stereocenters. The van der Waals surface area contributed by atoms with E-state index in [4.69, 9.17) is 0 Å². The first-order chi connectivity index (χ1) is 11.1. The highest BCUT2D eigenvalue weighted by atomic mass is 16.3. The third kappa shape index (κ3) is 3.53. The average Bonchev–Trinajstić information content (AvgIpc) is 3.15. The lowest BCUT2D eigenvalue weighted by Crippen LogP contribution is -2.40. The highest BCUT2D eigenvalue weighted by Gasteiger charge is 2.42. The number of benzene rings is 1. The molecule has 0 radical (unpaired) electrons. The molecule has 1 saturated carbocycles. The number of hydrogen-bond acceptors (Lipinski definition) is 3. The molecule has 1 aliphatic carbocycles. The van der Waals surface area contributed by atoms with Gasteiger partial charge in [-0.25, -0.2) is 9.48 Å². The zero-order valence-corrected chi connectivity index (χ0v) is 13.2. The van der Waals surface area contributed by atoms with Gasteiger partial charge in [0.1, 0.15) is 0 Å². The highest BCUT2D eigenvalue weighted by molar-refractivity contribution is 5.74. The zero-order chi connectivity index (χ0) is 16.3. The van der Waals surface area contributed by atoms with Crippen molar-refractivity contribution in [2.45, 2.75) is 25.8 Å². The number of aromatic nitrogens is 2. The third-order valence-electron chi connectivity index (χ3n) is 4.42. The van der Waals surface area contributed by atoms with Gasteiger partial charge in [-0.15, -0.1) is 0 Å². The number of nitrogens with one attached hydrogen (secondary N) is 2. The Balaban J connectivity index is 1.64. The Morgan fingerprint density at radius 2 is 2.17 bits per heavy atom. The number of carbonyl (C=O) groups excluding carboxylic acids is 1. The predicted molar refractivity (Wildman–Crippen MR) is 87.3 cm³/mol. The number of urea groups is 1. The van der Waals surface area contributed by atoms with E-state index in [-0.39, 0.29) is 24.1 Å². The molecule has 1 aromatic heterocycles. The van der Waals surface area contributed by atoms with Gasteiger partial charge in [0.05, 0.1) is 18.3 Å². The number of para-hydroxylation sites is 1. The molecule has 2 aromatic rings. The molecule has 6 heteroatoms. The van der Waals surface area contributed by atoms with Crippen molar-refractivity contribution in [1.82, 2.24) is 20.4 Å². The second kappa shape index (κ2) is 6.42. The van der Waals surface area contributed by atoms with Gasteiger partial charge in [-0.2, -0.15) is 5.10 Å². The van der Waals surface area contributed by atoms with Gasteiger partial charge in [0.2, 0.25) is 0 Å². The summed E-state index contributed by atoms with van der Waals surface area (Å²) in [6.07, 6.45) is 5.55. The molecule has 122 valence electrons. The van der Waals surface area contributed by atoms with Gasteiger partial charge in [-0.3, -0.25) is 0 Å². The molecular formula is C17H22N4O2. The molecule has 23 heavy (non-hydrogen) atoms. The molecule has 0 spiro atoms. The van der Waals surface area contributed by atoms with Crippen molar-refractivity contribution in [3.63, 3.8) is 0 Å². The van der Waals surface area contributed by atoms with E-state index in [0.29, 0.717) is 6.54 Å². The highest BCUT2D eigenvalue weighted by Crippen LogP contribution is 2.44. The molecule has 1 heterocycles. The van der Waals surface area contributed by atoms with Crippen LogP contribution in [0.15, 0.2) is 42.7 Å². The van der Waals surface area contributed by atoms with E-state index in [1.54, 1.807) is 10.9 Å². The van der Waals surface area contributed by atoms with Crippen LogP contribution < -0.4 is 10.6 Å². The van der Waals surface area contributed by atoms with E-state index in [0.717, 1.165) is 24.1 Å². The molecule has 0 aliphatic heterocycles. The van der Waals surface area contributed by atoms with Crippen LogP contribution in [0.25, 0.3) is 5.69 Å². The summed E-state index contributed by atoms with van der Waals surface area (Å²) in [5.41, 5.74) is 1.85. The molecule has 1 fully saturated rings. The summed E-state index contributed by atoms with van der Waals surface area (Å²) < 4.78 is 1.79. The van der Waals surface area contributed by atoms with Crippen LogP contribution in [-0.2, 0) is 0 Å². The predicted octanol–water partition coefficient (Wildman–Crippen LogP) is 2.00. The van der Waals surface area contributed by atoms with Crippen LogP contribution in [0, 0.1) is 5.41 Å². The molecular weight excluding hydrogens is 292 g/mol. The first-order valence-electron chi connectivity index (χ1n) is 7.88. The fraction of sp³-hybridized carbons (Fsp3) is 0.412. The SMILES string of the molecule is CC(NC(=O)NCC1(CO)CC1)c1ccccc1-n1cccn1. The average molecular weight is 314 g/mol. The maximum atomic E-state index is 12.1. The summed E-state index contributed by atoms with van der Waals surface area (Å²) >= 11 is 0. The van der Waals surface area contributed by atoms with Gasteiger partial charge in [0.15, 0.2) is 0 Å². The van der Waals surface area contributed by atoms with Crippen molar-refractivity contribution < 1.29 is 9.90 Å². The number of rotatable bonds is 6. The summed E-state index contributed by atoms with van der Waals surface area (Å²) in [5, 5.41) is 19.4. The number of aliphatic hydroxyl groups is 1. The van der Waals surface area contributed by atoms with E-state index >= 15 is 0 Å². The summed E-state index contributed by atoms with van der Waals surface area (Å²) in [6.45, 7) is 2.59. The standard InChI is InChI=1S/C17H22N4O2/c1-13(20-16(23)18-11-17(12-22)7-8-17)14-5-2-3-6-15(14)21-10-4-9-19-21/h2-6,9-10,13,22H,7-8,11-12H2,1H3,(H2,18,20,23). The summed E-state index contributed by atoms with van der Waals surface area (Å²) in [7, 11) is 0. The lowest BCUT2D eigenvalue weighted by Gasteiger charge is -2.19. The minimum atomic E-state index is -0.215. The maximum absolute atomic E-state index is 12.1.